The van der Waals surface area contributed by atoms with E-state index in [1.165, 1.54) is 16.4 Å². The molecule has 0 saturated carbocycles. The molecular formula is C23H25N5O2. The third-order valence-corrected chi connectivity index (χ3v) is 5.21. The number of aryl methyl sites for hydroxylation is 1. The van der Waals surface area contributed by atoms with Gasteiger partial charge >= 0.3 is 0 Å². The van der Waals surface area contributed by atoms with E-state index in [4.69, 9.17) is 0 Å². The first-order valence-corrected chi connectivity index (χ1v) is 10.1. The fraction of sp³-hybridized carbons (Fsp3) is 0.261. The monoisotopic (exact) mass is 403 g/mol. The highest BCUT2D eigenvalue weighted by Crippen LogP contribution is 2.18. The van der Waals surface area contributed by atoms with E-state index in [1.807, 2.05) is 49.4 Å². The van der Waals surface area contributed by atoms with Crippen LogP contribution in [-0.2, 0) is 11.3 Å². The number of benzene rings is 2. The number of carbonyl (C=O) groups is 1. The van der Waals surface area contributed by atoms with Gasteiger partial charge in [0.15, 0.2) is 0 Å². The quantitative estimate of drug-likeness (QED) is 0.709. The van der Waals surface area contributed by atoms with Gasteiger partial charge < -0.3 is 15.1 Å². The van der Waals surface area contributed by atoms with Crippen LogP contribution in [-0.4, -0.2) is 41.9 Å². The SMILES string of the molecule is Cc1ccc(NC(=O)Cn2nc(N3CCN(c4ccccc4)CC3)ccc2=O)cc1. The number of anilines is 3. The number of nitrogens with zero attached hydrogens (tertiary/aromatic N) is 4. The maximum atomic E-state index is 12.4. The van der Waals surface area contributed by atoms with E-state index in [0.29, 0.717) is 11.5 Å². The number of carbonyl (C=O) groups excluding carboxylic acids is 1. The van der Waals surface area contributed by atoms with Gasteiger partial charge in [-0.15, -0.1) is 0 Å². The molecule has 3 aromatic rings. The fourth-order valence-electron chi connectivity index (χ4n) is 3.53. The second kappa shape index (κ2) is 8.82. The van der Waals surface area contributed by atoms with Gasteiger partial charge in [0.1, 0.15) is 12.4 Å². The lowest BCUT2D eigenvalue weighted by Crippen LogP contribution is -2.47. The van der Waals surface area contributed by atoms with E-state index in [-0.39, 0.29) is 18.0 Å². The molecule has 0 aliphatic carbocycles. The Bertz CT molecular complexity index is 1050. The Hall–Kier alpha value is -3.61. The summed E-state index contributed by atoms with van der Waals surface area (Å²) in [5.41, 5.74) is 2.74. The highest BCUT2D eigenvalue weighted by molar-refractivity contribution is 5.90. The van der Waals surface area contributed by atoms with Crippen LogP contribution in [0, 0.1) is 6.92 Å². The molecule has 2 heterocycles. The van der Waals surface area contributed by atoms with Crippen molar-refractivity contribution in [2.45, 2.75) is 13.5 Å². The predicted octanol–water partition coefficient (Wildman–Crippen LogP) is 2.52. The Labute approximate surface area is 175 Å². The predicted molar refractivity (Wildman–Crippen MR) is 119 cm³/mol. The summed E-state index contributed by atoms with van der Waals surface area (Å²) in [6.07, 6.45) is 0. The van der Waals surface area contributed by atoms with Gasteiger partial charge in [0, 0.05) is 43.6 Å². The zero-order chi connectivity index (χ0) is 20.9. The number of piperazine rings is 1. The second-order valence-corrected chi connectivity index (χ2v) is 7.41. The summed E-state index contributed by atoms with van der Waals surface area (Å²) in [5.74, 6) is 0.435. The number of hydrogen-bond acceptors (Lipinski definition) is 5. The van der Waals surface area contributed by atoms with E-state index >= 15 is 0 Å². The average Bonchev–Trinajstić information content (AvgIpc) is 2.78. The summed E-state index contributed by atoms with van der Waals surface area (Å²) >= 11 is 0. The molecule has 0 bridgehead atoms. The Kier molecular flexibility index (Phi) is 5.79. The zero-order valence-electron chi connectivity index (χ0n) is 17.0. The maximum absolute atomic E-state index is 12.4. The number of nitrogens with one attached hydrogen (secondary N) is 1. The summed E-state index contributed by atoms with van der Waals surface area (Å²) in [7, 11) is 0. The summed E-state index contributed by atoms with van der Waals surface area (Å²) in [6, 6.07) is 21.1. The van der Waals surface area contributed by atoms with Gasteiger partial charge in [-0.3, -0.25) is 9.59 Å². The first-order valence-electron chi connectivity index (χ1n) is 10.1. The minimum atomic E-state index is -0.291. The minimum Gasteiger partial charge on any atom is -0.368 e. The van der Waals surface area contributed by atoms with Crippen molar-refractivity contribution in [3.05, 3.63) is 82.6 Å². The van der Waals surface area contributed by atoms with Crippen LogP contribution in [0.5, 0.6) is 0 Å². The highest BCUT2D eigenvalue weighted by Gasteiger charge is 2.19. The normalized spacial score (nSPS) is 13.9. The van der Waals surface area contributed by atoms with Crippen LogP contribution in [0.2, 0.25) is 0 Å². The van der Waals surface area contributed by atoms with E-state index in [1.54, 1.807) is 6.07 Å². The smallest absolute Gasteiger partial charge is 0.267 e. The standard InChI is InChI=1S/C23H25N5O2/c1-18-7-9-19(10-8-18)24-22(29)17-28-23(30)12-11-21(25-28)27-15-13-26(14-16-27)20-5-3-2-4-6-20/h2-12H,13-17H2,1H3,(H,24,29). The first-order chi connectivity index (χ1) is 14.6. The van der Waals surface area contributed by atoms with Crippen molar-refractivity contribution in [1.29, 1.82) is 0 Å². The summed E-state index contributed by atoms with van der Waals surface area (Å²) < 4.78 is 1.22. The van der Waals surface area contributed by atoms with E-state index in [2.05, 4.69) is 32.3 Å². The van der Waals surface area contributed by atoms with E-state index in [9.17, 15) is 9.59 Å². The number of aromatic nitrogens is 2. The molecule has 4 rings (SSSR count). The van der Waals surface area contributed by atoms with Crippen LogP contribution in [0.25, 0.3) is 0 Å². The van der Waals surface area contributed by atoms with Crippen LogP contribution >= 0.6 is 0 Å². The lowest BCUT2D eigenvalue weighted by atomic mass is 10.2. The number of hydrogen-bond donors (Lipinski definition) is 1. The summed E-state index contributed by atoms with van der Waals surface area (Å²) in [6.45, 7) is 5.22. The molecule has 154 valence electrons. The minimum absolute atomic E-state index is 0.121. The molecule has 0 atom stereocenters. The second-order valence-electron chi connectivity index (χ2n) is 7.41. The molecule has 7 nitrogen and oxygen atoms in total. The van der Waals surface area contributed by atoms with Crippen molar-refractivity contribution in [2.24, 2.45) is 0 Å². The third-order valence-electron chi connectivity index (χ3n) is 5.21. The molecule has 1 amide bonds. The van der Waals surface area contributed by atoms with Crippen molar-refractivity contribution < 1.29 is 4.79 Å². The van der Waals surface area contributed by atoms with Gasteiger partial charge in [0.05, 0.1) is 0 Å². The van der Waals surface area contributed by atoms with Gasteiger partial charge in [-0.2, -0.15) is 5.10 Å². The van der Waals surface area contributed by atoms with Gasteiger partial charge in [0.2, 0.25) is 5.91 Å². The van der Waals surface area contributed by atoms with Crippen molar-refractivity contribution >= 4 is 23.1 Å². The first kappa shape index (κ1) is 19.7. The molecule has 1 saturated heterocycles. The number of rotatable bonds is 5. The number of para-hydroxylation sites is 1. The molecule has 1 aliphatic heterocycles. The van der Waals surface area contributed by atoms with Crippen LogP contribution in [0.4, 0.5) is 17.2 Å². The van der Waals surface area contributed by atoms with E-state index < -0.39 is 0 Å². The van der Waals surface area contributed by atoms with Gasteiger partial charge in [-0.1, -0.05) is 35.9 Å². The average molecular weight is 403 g/mol. The topological polar surface area (TPSA) is 70.5 Å². The lowest BCUT2D eigenvalue weighted by molar-refractivity contribution is -0.117. The molecule has 0 spiro atoms. The van der Waals surface area contributed by atoms with Crippen molar-refractivity contribution in [1.82, 2.24) is 9.78 Å². The largest absolute Gasteiger partial charge is 0.368 e. The lowest BCUT2D eigenvalue weighted by Gasteiger charge is -2.36. The molecule has 0 radical (unpaired) electrons. The molecule has 2 aromatic carbocycles. The molecule has 30 heavy (non-hydrogen) atoms. The molecule has 1 aliphatic rings. The molecule has 0 unspecified atom stereocenters. The van der Waals surface area contributed by atoms with Crippen molar-refractivity contribution in [3.63, 3.8) is 0 Å². The maximum Gasteiger partial charge on any atom is 0.267 e. The van der Waals surface area contributed by atoms with Crippen LogP contribution in [0.15, 0.2) is 71.5 Å². The Morgan fingerprint density at radius 1 is 0.900 bits per heavy atom. The van der Waals surface area contributed by atoms with Crippen LogP contribution in [0.3, 0.4) is 0 Å². The molecule has 7 heteroatoms. The van der Waals surface area contributed by atoms with Crippen LogP contribution in [0.1, 0.15) is 5.56 Å². The van der Waals surface area contributed by atoms with Gasteiger partial charge in [0.25, 0.3) is 5.56 Å². The molecule has 1 aromatic heterocycles. The van der Waals surface area contributed by atoms with Crippen molar-refractivity contribution in [2.75, 3.05) is 41.3 Å². The zero-order valence-corrected chi connectivity index (χ0v) is 17.0. The summed E-state index contributed by atoms with van der Waals surface area (Å²) in [4.78, 5) is 29.1. The Morgan fingerprint density at radius 2 is 1.57 bits per heavy atom. The van der Waals surface area contributed by atoms with E-state index in [0.717, 1.165) is 31.7 Å². The Morgan fingerprint density at radius 3 is 2.27 bits per heavy atom. The Balaban J connectivity index is 1.40. The highest BCUT2D eigenvalue weighted by atomic mass is 16.2. The third kappa shape index (κ3) is 4.68. The van der Waals surface area contributed by atoms with Crippen LogP contribution < -0.4 is 20.7 Å². The number of amides is 1. The molecular weight excluding hydrogens is 378 g/mol. The summed E-state index contributed by atoms with van der Waals surface area (Å²) in [5, 5.41) is 7.25. The molecule has 1 N–H and O–H groups in total. The van der Waals surface area contributed by atoms with Crippen molar-refractivity contribution in [3.8, 4) is 0 Å². The van der Waals surface area contributed by atoms with Gasteiger partial charge in [-0.25, -0.2) is 4.68 Å². The van der Waals surface area contributed by atoms with Gasteiger partial charge in [-0.05, 0) is 37.3 Å². The fourth-order valence-corrected chi connectivity index (χ4v) is 3.53. The molecule has 1 fully saturated rings.